The minimum Gasteiger partial charge on any atom is -0.371 e. The Labute approximate surface area is 129 Å². The van der Waals surface area contributed by atoms with E-state index < -0.39 is 0 Å². The third-order valence-corrected chi connectivity index (χ3v) is 5.81. The summed E-state index contributed by atoms with van der Waals surface area (Å²) in [5.74, 6) is 0. The molecule has 0 radical (unpaired) electrons. The zero-order valence-corrected chi connectivity index (χ0v) is 13.5. The highest BCUT2D eigenvalue weighted by Crippen LogP contribution is 2.46. The predicted molar refractivity (Wildman–Crippen MR) is 90.8 cm³/mol. The molecule has 2 nitrogen and oxygen atoms in total. The zero-order chi connectivity index (χ0) is 14.7. The Morgan fingerprint density at radius 3 is 2.24 bits per heavy atom. The number of nitrogens with zero attached hydrogens (tertiary/aromatic N) is 1. The van der Waals surface area contributed by atoms with Crippen LogP contribution in [0.5, 0.6) is 0 Å². The standard InChI is InChI=1S/C19H30N2/c1-2-17(20)15-16-5-7-18(8-6-16)21-13-11-19(12-14-21)9-3-4-10-19/h5-8,17H,2-4,9-15,20H2,1H3. The smallest absolute Gasteiger partial charge is 0.0366 e. The maximum atomic E-state index is 6.04. The molecule has 1 saturated heterocycles. The quantitative estimate of drug-likeness (QED) is 0.902. The Kier molecular flexibility index (Phi) is 4.54. The van der Waals surface area contributed by atoms with E-state index in [4.69, 9.17) is 5.73 Å². The van der Waals surface area contributed by atoms with Crippen LogP contribution in [0.1, 0.15) is 57.4 Å². The Morgan fingerprint density at radius 1 is 1.05 bits per heavy atom. The number of rotatable bonds is 4. The van der Waals surface area contributed by atoms with Crippen molar-refractivity contribution in [3.8, 4) is 0 Å². The van der Waals surface area contributed by atoms with E-state index >= 15 is 0 Å². The van der Waals surface area contributed by atoms with E-state index in [-0.39, 0.29) is 0 Å². The summed E-state index contributed by atoms with van der Waals surface area (Å²) in [5.41, 5.74) is 9.53. The first-order valence-electron chi connectivity index (χ1n) is 8.80. The molecule has 0 aromatic heterocycles. The molecule has 21 heavy (non-hydrogen) atoms. The van der Waals surface area contributed by atoms with Crippen LogP contribution in [0.2, 0.25) is 0 Å². The van der Waals surface area contributed by atoms with Gasteiger partial charge in [0, 0.05) is 24.8 Å². The van der Waals surface area contributed by atoms with Crippen molar-refractivity contribution in [2.75, 3.05) is 18.0 Å². The average Bonchev–Trinajstić information content (AvgIpc) is 2.97. The largest absolute Gasteiger partial charge is 0.371 e. The Hall–Kier alpha value is -1.02. The molecule has 2 heteroatoms. The molecule has 1 aliphatic carbocycles. The van der Waals surface area contributed by atoms with Gasteiger partial charge in [0.1, 0.15) is 0 Å². The fourth-order valence-electron chi connectivity index (χ4n) is 4.15. The molecular formula is C19H30N2. The lowest BCUT2D eigenvalue weighted by atomic mass is 9.77. The Balaban J connectivity index is 1.58. The second-order valence-electron chi connectivity index (χ2n) is 7.23. The molecule has 2 fully saturated rings. The molecule has 2 N–H and O–H groups in total. The van der Waals surface area contributed by atoms with Gasteiger partial charge in [0.2, 0.25) is 0 Å². The van der Waals surface area contributed by atoms with Crippen LogP contribution in [0, 0.1) is 5.41 Å². The first-order chi connectivity index (χ1) is 10.2. The van der Waals surface area contributed by atoms with Crippen LogP contribution in [0.3, 0.4) is 0 Å². The molecule has 0 bridgehead atoms. The van der Waals surface area contributed by atoms with E-state index in [2.05, 4.69) is 36.1 Å². The first kappa shape index (κ1) is 14.9. The van der Waals surface area contributed by atoms with E-state index in [1.807, 2.05) is 0 Å². The van der Waals surface area contributed by atoms with Crippen molar-refractivity contribution in [3.63, 3.8) is 0 Å². The minimum atomic E-state index is 0.299. The highest BCUT2D eigenvalue weighted by molar-refractivity contribution is 5.48. The van der Waals surface area contributed by atoms with Crippen LogP contribution in [0.15, 0.2) is 24.3 Å². The summed E-state index contributed by atoms with van der Waals surface area (Å²) in [6.07, 6.45) is 10.7. The van der Waals surface area contributed by atoms with E-state index in [9.17, 15) is 0 Å². The van der Waals surface area contributed by atoms with Crippen LogP contribution < -0.4 is 10.6 Å². The molecule has 1 spiro atoms. The lowest BCUT2D eigenvalue weighted by Crippen LogP contribution is -2.38. The minimum absolute atomic E-state index is 0.299. The molecule has 1 heterocycles. The average molecular weight is 286 g/mol. The molecule has 116 valence electrons. The summed E-state index contributed by atoms with van der Waals surface area (Å²) in [6, 6.07) is 9.43. The van der Waals surface area contributed by atoms with Gasteiger partial charge in [-0.05, 0) is 61.6 Å². The van der Waals surface area contributed by atoms with Crippen molar-refractivity contribution >= 4 is 5.69 Å². The lowest BCUT2D eigenvalue weighted by molar-refractivity contribution is 0.226. The van der Waals surface area contributed by atoms with E-state index in [0.717, 1.165) is 12.8 Å². The third kappa shape index (κ3) is 3.42. The second kappa shape index (κ2) is 6.39. The molecule has 1 saturated carbocycles. The number of nitrogens with two attached hydrogens (primary N) is 1. The van der Waals surface area contributed by atoms with Gasteiger partial charge in [0.15, 0.2) is 0 Å². The van der Waals surface area contributed by atoms with Crippen molar-refractivity contribution in [1.29, 1.82) is 0 Å². The normalized spacial score (nSPS) is 22.7. The van der Waals surface area contributed by atoms with Crippen molar-refractivity contribution in [3.05, 3.63) is 29.8 Å². The first-order valence-corrected chi connectivity index (χ1v) is 8.80. The fraction of sp³-hybridized carbons (Fsp3) is 0.684. The number of hydrogen-bond acceptors (Lipinski definition) is 2. The number of benzene rings is 1. The highest BCUT2D eigenvalue weighted by atomic mass is 15.1. The fourth-order valence-corrected chi connectivity index (χ4v) is 4.15. The zero-order valence-electron chi connectivity index (χ0n) is 13.5. The summed E-state index contributed by atoms with van der Waals surface area (Å²) >= 11 is 0. The molecular weight excluding hydrogens is 256 g/mol. The van der Waals surface area contributed by atoms with Crippen molar-refractivity contribution in [2.24, 2.45) is 11.1 Å². The topological polar surface area (TPSA) is 29.3 Å². The van der Waals surface area contributed by atoms with Crippen molar-refractivity contribution < 1.29 is 0 Å². The monoisotopic (exact) mass is 286 g/mol. The van der Waals surface area contributed by atoms with Gasteiger partial charge < -0.3 is 10.6 Å². The second-order valence-corrected chi connectivity index (χ2v) is 7.23. The maximum Gasteiger partial charge on any atom is 0.0366 e. The Morgan fingerprint density at radius 2 is 1.67 bits per heavy atom. The summed E-state index contributed by atoms with van der Waals surface area (Å²) < 4.78 is 0. The summed E-state index contributed by atoms with van der Waals surface area (Å²) in [7, 11) is 0. The van der Waals surface area contributed by atoms with Gasteiger partial charge >= 0.3 is 0 Å². The van der Waals surface area contributed by atoms with Gasteiger partial charge in [0.25, 0.3) is 0 Å². The molecule has 1 aromatic rings. The van der Waals surface area contributed by atoms with E-state index in [1.54, 1.807) is 0 Å². The summed E-state index contributed by atoms with van der Waals surface area (Å²) in [5, 5.41) is 0. The van der Waals surface area contributed by atoms with Gasteiger partial charge in [-0.3, -0.25) is 0 Å². The molecule has 1 unspecified atom stereocenters. The molecule has 1 atom stereocenters. The third-order valence-electron chi connectivity index (χ3n) is 5.81. The van der Waals surface area contributed by atoms with Gasteiger partial charge in [0.05, 0.1) is 0 Å². The number of hydrogen-bond donors (Lipinski definition) is 1. The van der Waals surface area contributed by atoms with E-state index in [0.29, 0.717) is 11.5 Å². The summed E-state index contributed by atoms with van der Waals surface area (Å²) in [4.78, 5) is 2.58. The lowest BCUT2D eigenvalue weighted by Gasteiger charge is -2.40. The van der Waals surface area contributed by atoms with Gasteiger partial charge in [-0.2, -0.15) is 0 Å². The van der Waals surface area contributed by atoms with Crippen LogP contribution in [0.4, 0.5) is 5.69 Å². The number of piperidine rings is 1. The van der Waals surface area contributed by atoms with Crippen LogP contribution in [0.25, 0.3) is 0 Å². The summed E-state index contributed by atoms with van der Waals surface area (Å²) in [6.45, 7) is 4.65. The molecule has 0 amide bonds. The molecule has 1 aliphatic heterocycles. The van der Waals surface area contributed by atoms with Crippen molar-refractivity contribution in [2.45, 2.75) is 64.3 Å². The SMILES string of the molecule is CCC(N)Cc1ccc(N2CCC3(CCCC3)CC2)cc1. The predicted octanol–water partition coefficient (Wildman–Crippen LogP) is 4.13. The Bertz CT molecular complexity index is 435. The van der Waals surface area contributed by atoms with Gasteiger partial charge in [-0.25, -0.2) is 0 Å². The molecule has 2 aliphatic rings. The van der Waals surface area contributed by atoms with Crippen molar-refractivity contribution in [1.82, 2.24) is 0 Å². The maximum absolute atomic E-state index is 6.04. The van der Waals surface area contributed by atoms with Crippen LogP contribution in [-0.4, -0.2) is 19.1 Å². The van der Waals surface area contributed by atoms with Gasteiger partial charge in [-0.15, -0.1) is 0 Å². The van der Waals surface area contributed by atoms with Gasteiger partial charge in [-0.1, -0.05) is 31.9 Å². The number of anilines is 1. The van der Waals surface area contributed by atoms with E-state index in [1.165, 1.54) is 62.9 Å². The molecule has 1 aromatic carbocycles. The highest BCUT2D eigenvalue weighted by Gasteiger charge is 2.36. The molecule has 3 rings (SSSR count). The van der Waals surface area contributed by atoms with Crippen LogP contribution >= 0.6 is 0 Å². The van der Waals surface area contributed by atoms with Crippen LogP contribution in [-0.2, 0) is 6.42 Å².